The molecule has 0 aromatic carbocycles. The first-order chi connectivity index (χ1) is 5.22. The average molecular weight is 157 g/mol. The lowest BCUT2D eigenvalue weighted by Gasteiger charge is -1.85. The van der Waals surface area contributed by atoms with Crippen LogP contribution in [0.4, 0.5) is 0 Å². The third-order valence-corrected chi connectivity index (χ3v) is 0.844. The summed E-state index contributed by atoms with van der Waals surface area (Å²) in [4.78, 5) is 9.59. The van der Waals surface area contributed by atoms with E-state index in [0.717, 1.165) is 0 Å². The molecular formula is C8H15NO2. The Bertz CT molecular complexity index is 159. The van der Waals surface area contributed by atoms with Gasteiger partial charge in [0.05, 0.1) is 4.92 Å². The zero-order chi connectivity index (χ0) is 9.28. The van der Waals surface area contributed by atoms with Crippen LogP contribution in [0.5, 0.6) is 0 Å². The molecule has 0 amide bonds. The molecule has 0 aliphatic carbocycles. The van der Waals surface area contributed by atoms with Gasteiger partial charge < -0.3 is 0 Å². The van der Waals surface area contributed by atoms with Gasteiger partial charge in [0.15, 0.2) is 0 Å². The number of hydrogen-bond acceptors (Lipinski definition) is 2. The molecule has 0 rings (SSSR count). The second kappa shape index (κ2) is 8.88. The predicted octanol–water partition coefficient (Wildman–Crippen LogP) is 2.77. The molecule has 64 valence electrons. The third-order valence-electron chi connectivity index (χ3n) is 0.844. The summed E-state index contributed by atoms with van der Waals surface area (Å²) in [6.45, 7) is 7.38. The van der Waals surface area contributed by atoms with E-state index in [2.05, 4.69) is 0 Å². The summed E-state index contributed by atoms with van der Waals surface area (Å²) in [5, 5.41) is 10.0. The molecule has 0 fully saturated rings. The molecule has 0 saturated heterocycles. The summed E-state index contributed by atoms with van der Waals surface area (Å²) in [6.07, 6.45) is 4.55. The molecule has 0 N–H and O–H groups in total. The van der Waals surface area contributed by atoms with Crippen molar-refractivity contribution in [1.82, 2.24) is 0 Å². The second-order valence-corrected chi connectivity index (χ2v) is 1.47. The molecule has 3 heteroatoms. The Kier molecular flexibility index (Phi) is 10.1. The molecule has 0 aliphatic heterocycles. The minimum absolute atomic E-state index is 0.137. The highest BCUT2D eigenvalue weighted by molar-refractivity contribution is 5.08. The van der Waals surface area contributed by atoms with Crippen molar-refractivity contribution in [2.24, 2.45) is 0 Å². The first-order valence-corrected chi connectivity index (χ1v) is 3.65. The minimum atomic E-state index is -0.417. The van der Waals surface area contributed by atoms with Crippen molar-refractivity contribution in [3.05, 3.63) is 34.0 Å². The molecule has 3 nitrogen and oxygen atoms in total. The van der Waals surface area contributed by atoms with Crippen molar-refractivity contribution < 1.29 is 4.92 Å². The fraction of sp³-hybridized carbons (Fsp3) is 0.500. The molecule has 0 aromatic rings. The highest BCUT2D eigenvalue weighted by Gasteiger charge is 1.99. The Hall–Kier alpha value is -1.12. The normalized spacial score (nSPS) is 10.7. The second-order valence-electron chi connectivity index (χ2n) is 1.47. The molecule has 0 spiro atoms. The monoisotopic (exact) mass is 157 g/mol. The molecule has 0 saturated carbocycles. The lowest BCUT2D eigenvalue weighted by molar-refractivity contribution is -0.419. The van der Waals surface area contributed by atoms with Crippen molar-refractivity contribution in [2.45, 2.75) is 27.7 Å². The van der Waals surface area contributed by atoms with Gasteiger partial charge in [-0.1, -0.05) is 19.9 Å². The van der Waals surface area contributed by atoms with Crippen molar-refractivity contribution in [2.75, 3.05) is 0 Å². The summed E-state index contributed by atoms with van der Waals surface area (Å²) < 4.78 is 0. The smallest absolute Gasteiger partial charge is 0.258 e. The van der Waals surface area contributed by atoms with Crippen LogP contribution in [0.3, 0.4) is 0 Å². The van der Waals surface area contributed by atoms with Crippen LogP contribution in [0.1, 0.15) is 27.7 Å². The molecule has 0 radical (unpaired) electrons. The Labute approximate surface area is 67.6 Å². The van der Waals surface area contributed by atoms with E-state index < -0.39 is 4.92 Å². The fourth-order valence-corrected chi connectivity index (χ4v) is 0.433. The van der Waals surface area contributed by atoms with E-state index in [1.54, 1.807) is 19.9 Å². The van der Waals surface area contributed by atoms with E-state index in [9.17, 15) is 10.1 Å². The highest BCUT2D eigenvalue weighted by atomic mass is 16.6. The maximum Gasteiger partial charge on any atom is 0.264 e. The quantitative estimate of drug-likeness (QED) is 0.351. The number of hydrogen-bond donors (Lipinski definition) is 0. The van der Waals surface area contributed by atoms with E-state index in [0.29, 0.717) is 0 Å². The Morgan fingerprint density at radius 2 is 1.82 bits per heavy atom. The van der Waals surface area contributed by atoms with Gasteiger partial charge in [0.1, 0.15) is 0 Å². The van der Waals surface area contributed by atoms with Crippen LogP contribution < -0.4 is 0 Å². The lowest BCUT2D eigenvalue weighted by atomic mass is 10.4. The highest BCUT2D eigenvalue weighted by Crippen LogP contribution is 1.95. The molecule has 0 atom stereocenters. The Balaban J connectivity index is 0. The fourth-order valence-electron chi connectivity index (χ4n) is 0.433. The van der Waals surface area contributed by atoms with Crippen LogP contribution in [0.2, 0.25) is 0 Å². The summed E-state index contributed by atoms with van der Waals surface area (Å²) in [5.41, 5.74) is 0.137. The Morgan fingerprint density at radius 3 is 1.91 bits per heavy atom. The van der Waals surface area contributed by atoms with Crippen LogP contribution >= 0.6 is 0 Å². The van der Waals surface area contributed by atoms with Gasteiger partial charge in [0.2, 0.25) is 0 Å². The van der Waals surface area contributed by atoms with Gasteiger partial charge >= 0.3 is 0 Å². The van der Waals surface area contributed by atoms with Gasteiger partial charge in [-0.25, -0.2) is 0 Å². The van der Waals surface area contributed by atoms with Crippen LogP contribution in [0, 0.1) is 10.1 Å². The first kappa shape index (κ1) is 12.5. The van der Waals surface area contributed by atoms with Crippen molar-refractivity contribution >= 4 is 0 Å². The molecular weight excluding hydrogens is 142 g/mol. The lowest BCUT2D eigenvalue weighted by Crippen LogP contribution is -1.93. The van der Waals surface area contributed by atoms with Crippen LogP contribution in [-0.2, 0) is 0 Å². The average Bonchev–Trinajstić information content (AvgIpc) is 2.03. The molecule has 0 heterocycles. The number of nitro groups is 1. The van der Waals surface area contributed by atoms with Crippen LogP contribution in [0.15, 0.2) is 23.9 Å². The van der Waals surface area contributed by atoms with Gasteiger partial charge in [0, 0.05) is 6.08 Å². The summed E-state index contributed by atoms with van der Waals surface area (Å²) in [5.74, 6) is 0. The van der Waals surface area contributed by atoms with Crippen LogP contribution in [0.25, 0.3) is 0 Å². The summed E-state index contributed by atoms with van der Waals surface area (Å²) >= 11 is 0. The first-order valence-electron chi connectivity index (χ1n) is 3.65. The topological polar surface area (TPSA) is 43.1 Å². The summed E-state index contributed by atoms with van der Waals surface area (Å²) in [7, 11) is 0. The minimum Gasteiger partial charge on any atom is -0.258 e. The maximum absolute atomic E-state index is 10.0. The molecule has 0 aliphatic rings. The number of rotatable bonds is 2. The molecule has 0 aromatic heterocycles. The largest absolute Gasteiger partial charge is 0.264 e. The molecule has 11 heavy (non-hydrogen) atoms. The van der Waals surface area contributed by atoms with Crippen LogP contribution in [-0.4, -0.2) is 4.92 Å². The molecule has 0 bridgehead atoms. The maximum atomic E-state index is 10.0. The van der Waals surface area contributed by atoms with E-state index in [1.165, 1.54) is 12.2 Å². The zero-order valence-electron chi connectivity index (χ0n) is 7.50. The van der Waals surface area contributed by atoms with Crippen molar-refractivity contribution in [1.29, 1.82) is 0 Å². The SMILES string of the molecule is C/C=C\C(=C/C)[N+](=O)[O-].CC. The predicted molar refractivity (Wildman–Crippen MR) is 46.9 cm³/mol. The van der Waals surface area contributed by atoms with Crippen molar-refractivity contribution in [3.8, 4) is 0 Å². The van der Waals surface area contributed by atoms with Gasteiger partial charge in [-0.2, -0.15) is 0 Å². The van der Waals surface area contributed by atoms with Gasteiger partial charge in [-0.05, 0) is 19.9 Å². The van der Waals surface area contributed by atoms with E-state index >= 15 is 0 Å². The number of allylic oxidation sites excluding steroid dienone is 3. The Morgan fingerprint density at radius 1 is 1.36 bits per heavy atom. The van der Waals surface area contributed by atoms with E-state index in [1.807, 2.05) is 13.8 Å². The van der Waals surface area contributed by atoms with E-state index in [-0.39, 0.29) is 5.70 Å². The van der Waals surface area contributed by atoms with E-state index in [4.69, 9.17) is 0 Å². The third kappa shape index (κ3) is 6.77. The van der Waals surface area contributed by atoms with Gasteiger partial charge in [-0.3, -0.25) is 10.1 Å². The summed E-state index contributed by atoms with van der Waals surface area (Å²) in [6, 6.07) is 0. The zero-order valence-corrected chi connectivity index (χ0v) is 7.50. The van der Waals surface area contributed by atoms with Gasteiger partial charge in [0.25, 0.3) is 5.70 Å². The number of nitrogens with zero attached hydrogens (tertiary/aromatic N) is 1. The van der Waals surface area contributed by atoms with Crippen molar-refractivity contribution in [3.63, 3.8) is 0 Å². The molecule has 0 unspecified atom stereocenters. The van der Waals surface area contributed by atoms with Gasteiger partial charge in [-0.15, -0.1) is 0 Å². The standard InChI is InChI=1S/C6H9NO2.C2H6/c1-3-5-6(4-2)7(8)9;1-2/h3-5H,1-2H3;1-2H3/b5-3-,6-4+;.